The maximum atomic E-state index is 10.3. The zero-order valence-corrected chi connectivity index (χ0v) is 8.69. The maximum absolute atomic E-state index is 10.3. The van der Waals surface area contributed by atoms with Crippen LogP contribution in [0.1, 0.15) is 0 Å². The molecule has 0 saturated carbocycles. The molecule has 0 saturated heterocycles. The molecule has 0 aliphatic carbocycles. The van der Waals surface area contributed by atoms with Gasteiger partial charge in [0.05, 0.1) is 6.61 Å². The van der Waals surface area contributed by atoms with Gasteiger partial charge in [-0.15, -0.1) is 0 Å². The van der Waals surface area contributed by atoms with Crippen molar-refractivity contribution in [1.82, 2.24) is 0 Å². The molecule has 0 aliphatic rings. The average Bonchev–Trinajstić information content (AvgIpc) is 2.21. The lowest BCUT2D eigenvalue weighted by molar-refractivity contribution is -0.132. The number of carbonyl (C=O) groups excluding carboxylic acids is 1. The Morgan fingerprint density at radius 3 is 2.06 bits per heavy atom. The summed E-state index contributed by atoms with van der Waals surface area (Å²) in [4.78, 5) is 10.1. The van der Waals surface area contributed by atoms with Crippen LogP contribution >= 0.6 is 0 Å². The molecule has 9 nitrogen and oxygen atoms in total. The summed E-state index contributed by atoms with van der Waals surface area (Å²) in [6.07, 6.45) is -8.27. The van der Waals surface area contributed by atoms with Crippen molar-refractivity contribution in [3.8, 4) is 0 Å². The lowest BCUT2D eigenvalue weighted by Crippen LogP contribution is -2.48. The fraction of sp³-hybridized carbons (Fsp3) is 0.833. The topological polar surface area (TPSA) is 162 Å². The van der Waals surface area contributed by atoms with Gasteiger partial charge in [0.1, 0.15) is 24.4 Å². The van der Waals surface area contributed by atoms with Crippen molar-refractivity contribution in [2.24, 2.45) is 0 Å². The van der Waals surface area contributed by atoms with E-state index in [-0.39, 0.29) is 6.29 Å². The van der Waals surface area contributed by atoms with Crippen molar-refractivity contribution in [3.63, 3.8) is 0 Å². The Kier molecular flexibility index (Phi) is 5.96. The van der Waals surface area contributed by atoms with Gasteiger partial charge < -0.3 is 25.2 Å². The molecule has 10 heteroatoms. The number of hydrogen-bond donors (Lipinski definition) is 5. The lowest BCUT2D eigenvalue weighted by Gasteiger charge is -2.25. The van der Waals surface area contributed by atoms with Crippen LogP contribution in [0.5, 0.6) is 0 Å². The van der Waals surface area contributed by atoms with Gasteiger partial charge in [-0.05, 0) is 0 Å². The standard InChI is InChI=1S/C6H12O9S/c7-1-3(9)5(11)6(4(10)2-8)15-16(12,13)14/h1,3-6,8-11H,2H2,(H,12,13,14)/t3-,4+,5+,6-/m0/s1. The summed E-state index contributed by atoms with van der Waals surface area (Å²) in [5, 5.41) is 35.6. The number of rotatable bonds is 7. The highest BCUT2D eigenvalue weighted by molar-refractivity contribution is 7.80. The van der Waals surface area contributed by atoms with Gasteiger partial charge in [0, 0.05) is 0 Å². The predicted molar refractivity (Wildman–Crippen MR) is 47.6 cm³/mol. The molecular weight excluding hydrogens is 248 g/mol. The fourth-order valence-corrected chi connectivity index (χ4v) is 1.39. The van der Waals surface area contributed by atoms with E-state index in [4.69, 9.17) is 19.9 Å². The predicted octanol–water partition coefficient (Wildman–Crippen LogP) is -3.55. The van der Waals surface area contributed by atoms with Crippen LogP contribution < -0.4 is 0 Å². The molecule has 0 spiro atoms. The van der Waals surface area contributed by atoms with Crippen molar-refractivity contribution < 1.29 is 42.4 Å². The van der Waals surface area contributed by atoms with E-state index < -0.39 is 41.4 Å². The summed E-state index contributed by atoms with van der Waals surface area (Å²) in [6.45, 7) is -1.01. The highest BCUT2D eigenvalue weighted by Gasteiger charge is 2.35. The summed E-state index contributed by atoms with van der Waals surface area (Å²) < 4.78 is 32.8. The Morgan fingerprint density at radius 2 is 1.75 bits per heavy atom. The molecule has 0 amide bonds. The van der Waals surface area contributed by atoms with E-state index in [0.717, 1.165) is 0 Å². The normalized spacial score (nSPS) is 19.8. The highest BCUT2D eigenvalue weighted by Crippen LogP contribution is 2.11. The van der Waals surface area contributed by atoms with Crippen LogP contribution in [0.4, 0.5) is 0 Å². The van der Waals surface area contributed by atoms with E-state index in [9.17, 15) is 18.3 Å². The monoisotopic (exact) mass is 260 g/mol. The number of carbonyl (C=O) groups is 1. The summed E-state index contributed by atoms with van der Waals surface area (Å²) >= 11 is 0. The molecule has 5 N–H and O–H groups in total. The van der Waals surface area contributed by atoms with Gasteiger partial charge in [-0.1, -0.05) is 0 Å². The molecule has 0 fully saturated rings. The van der Waals surface area contributed by atoms with Crippen molar-refractivity contribution >= 4 is 16.7 Å². The third-order valence-corrected chi connectivity index (χ3v) is 2.09. The molecule has 16 heavy (non-hydrogen) atoms. The smallest absolute Gasteiger partial charge is 0.394 e. The Labute approximate surface area is 90.9 Å². The maximum Gasteiger partial charge on any atom is 0.397 e. The number of hydrogen-bond acceptors (Lipinski definition) is 8. The van der Waals surface area contributed by atoms with Crippen LogP contribution in [0.25, 0.3) is 0 Å². The van der Waals surface area contributed by atoms with E-state index in [0.29, 0.717) is 0 Å². The zero-order chi connectivity index (χ0) is 12.9. The van der Waals surface area contributed by atoms with Crippen molar-refractivity contribution in [2.75, 3.05) is 6.61 Å². The second-order valence-electron chi connectivity index (χ2n) is 2.86. The van der Waals surface area contributed by atoms with Gasteiger partial charge in [0.25, 0.3) is 0 Å². The largest absolute Gasteiger partial charge is 0.397 e. The third kappa shape index (κ3) is 4.94. The molecule has 4 atom stereocenters. The first kappa shape index (κ1) is 15.4. The zero-order valence-electron chi connectivity index (χ0n) is 7.87. The van der Waals surface area contributed by atoms with Crippen LogP contribution in [0.2, 0.25) is 0 Å². The second kappa shape index (κ2) is 6.20. The molecule has 0 bridgehead atoms. The van der Waals surface area contributed by atoms with Crippen LogP contribution in [0.3, 0.4) is 0 Å². The van der Waals surface area contributed by atoms with Crippen molar-refractivity contribution in [1.29, 1.82) is 0 Å². The first-order valence-corrected chi connectivity index (χ1v) is 5.35. The van der Waals surface area contributed by atoms with Gasteiger partial charge in [-0.25, -0.2) is 4.18 Å². The van der Waals surface area contributed by atoms with Crippen molar-refractivity contribution in [2.45, 2.75) is 24.4 Å². The number of aldehydes is 1. The molecule has 0 aromatic carbocycles. The van der Waals surface area contributed by atoms with E-state index in [1.807, 2.05) is 0 Å². The van der Waals surface area contributed by atoms with E-state index in [2.05, 4.69) is 4.18 Å². The molecule has 0 radical (unpaired) electrons. The van der Waals surface area contributed by atoms with Gasteiger partial charge >= 0.3 is 10.4 Å². The van der Waals surface area contributed by atoms with Crippen LogP contribution in [0.15, 0.2) is 0 Å². The lowest BCUT2D eigenvalue weighted by atomic mass is 10.0. The first-order chi connectivity index (χ1) is 7.22. The second-order valence-corrected chi connectivity index (χ2v) is 3.90. The van der Waals surface area contributed by atoms with Crippen LogP contribution in [-0.4, -0.2) is 70.7 Å². The summed E-state index contributed by atoms with van der Waals surface area (Å²) in [7, 11) is -5.02. The molecule has 0 aliphatic heterocycles. The van der Waals surface area contributed by atoms with Crippen LogP contribution in [0, 0.1) is 0 Å². The molecule has 0 aromatic rings. The Hall–Kier alpha value is -0.620. The SMILES string of the molecule is O=C[C@H](O)[C@@H](O)[C@@H](OS(=O)(=O)O)[C@H](O)CO. The van der Waals surface area contributed by atoms with Gasteiger partial charge in [0.2, 0.25) is 0 Å². The molecule has 0 unspecified atom stereocenters. The Balaban J connectivity index is 4.86. The molecule has 0 rings (SSSR count). The Bertz CT molecular complexity index is 312. The average molecular weight is 260 g/mol. The Morgan fingerprint density at radius 1 is 1.25 bits per heavy atom. The van der Waals surface area contributed by atoms with Gasteiger partial charge in [-0.2, -0.15) is 8.42 Å². The van der Waals surface area contributed by atoms with E-state index in [1.165, 1.54) is 0 Å². The number of aliphatic hydroxyl groups excluding tert-OH is 4. The highest BCUT2D eigenvalue weighted by atomic mass is 32.3. The summed E-state index contributed by atoms with van der Waals surface area (Å²) in [6, 6.07) is 0. The molecule has 0 heterocycles. The van der Waals surface area contributed by atoms with E-state index in [1.54, 1.807) is 0 Å². The van der Waals surface area contributed by atoms with Gasteiger partial charge in [-0.3, -0.25) is 4.55 Å². The van der Waals surface area contributed by atoms with Crippen LogP contribution in [-0.2, 0) is 19.4 Å². The van der Waals surface area contributed by atoms with E-state index >= 15 is 0 Å². The minimum absolute atomic E-state index is 0.130. The molecule has 96 valence electrons. The minimum Gasteiger partial charge on any atom is -0.394 e. The molecular formula is C6H12O9S. The number of aliphatic hydroxyl groups is 4. The molecule has 0 aromatic heterocycles. The minimum atomic E-state index is -5.02. The summed E-state index contributed by atoms with van der Waals surface area (Å²) in [5.74, 6) is 0. The summed E-state index contributed by atoms with van der Waals surface area (Å²) in [5.41, 5.74) is 0. The first-order valence-electron chi connectivity index (χ1n) is 3.99. The quantitative estimate of drug-likeness (QED) is 0.230. The van der Waals surface area contributed by atoms with Gasteiger partial charge in [0.15, 0.2) is 6.29 Å². The fourth-order valence-electron chi connectivity index (χ4n) is 0.868. The van der Waals surface area contributed by atoms with Crippen molar-refractivity contribution in [3.05, 3.63) is 0 Å². The third-order valence-electron chi connectivity index (χ3n) is 1.62.